The molecular formula is C17H21ClN2O2. The van der Waals surface area contributed by atoms with Gasteiger partial charge in [-0.05, 0) is 30.7 Å². The minimum absolute atomic E-state index is 0. The fourth-order valence-corrected chi connectivity index (χ4v) is 2.09. The first-order valence-corrected chi connectivity index (χ1v) is 7.04. The summed E-state index contributed by atoms with van der Waals surface area (Å²) in [5.41, 5.74) is 9.19. The Kier molecular flexibility index (Phi) is 7.02. The van der Waals surface area contributed by atoms with Crippen LogP contribution in [0.3, 0.4) is 0 Å². The Morgan fingerprint density at radius 2 is 2.00 bits per heavy atom. The van der Waals surface area contributed by atoms with E-state index in [0.717, 1.165) is 29.8 Å². The predicted octanol–water partition coefficient (Wildman–Crippen LogP) is 3.24. The van der Waals surface area contributed by atoms with Crippen molar-refractivity contribution >= 4 is 18.4 Å². The van der Waals surface area contributed by atoms with Crippen molar-refractivity contribution in [1.82, 2.24) is 4.98 Å². The van der Waals surface area contributed by atoms with E-state index >= 15 is 0 Å². The SMILES string of the molecule is CCC(N)Cc1cccc(-c2cccc(C(=O)OC)c2)n1.Cl. The van der Waals surface area contributed by atoms with E-state index in [4.69, 9.17) is 10.5 Å². The molecule has 5 heteroatoms. The molecule has 2 N–H and O–H groups in total. The molecule has 4 nitrogen and oxygen atoms in total. The number of benzene rings is 1. The lowest BCUT2D eigenvalue weighted by atomic mass is 10.1. The highest BCUT2D eigenvalue weighted by atomic mass is 35.5. The average molecular weight is 321 g/mol. The molecule has 1 atom stereocenters. The number of hydrogen-bond donors (Lipinski definition) is 1. The number of carbonyl (C=O) groups is 1. The summed E-state index contributed by atoms with van der Waals surface area (Å²) in [6, 6.07) is 13.3. The molecule has 0 bridgehead atoms. The van der Waals surface area contributed by atoms with Crippen LogP contribution in [0.2, 0.25) is 0 Å². The minimum atomic E-state index is -0.346. The van der Waals surface area contributed by atoms with Gasteiger partial charge in [0.05, 0.1) is 18.4 Å². The first-order valence-electron chi connectivity index (χ1n) is 7.04. The molecule has 0 radical (unpaired) electrons. The van der Waals surface area contributed by atoms with Crippen molar-refractivity contribution in [3.8, 4) is 11.3 Å². The van der Waals surface area contributed by atoms with Crippen LogP contribution in [0.1, 0.15) is 29.4 Å². The second-order valence-corrected chi connectivity index (χ2v) is 4.96. The average Bonchev–Trinajstić information content (AvgIpc) is 2.54. The van der Waals surface area contributed by atoms with Crippen LogP contribution < -0.4 is 5.73 Å². The first-order chi connectivity index (χ1) is 10.1. The Bertz CT molecular complexity index is 632. The van der Waals surface area contributed by atoms with Crippen molar-refractivity contribution in [3.63, 3.8) is 0 Å². The van der Waals surface area contributed by atoms with Crippen LogP contribution in [-0.4, -0.2) is 24.1 Å². The Morgan fingerprint density at radius 3 is 2.68 bits per heavy atom. The fraction of sp³-hybridized carbons (Fsp3) is 0.294. The van der Waals surface area contributed by atoms with Gasteiger partial charge in [-0.25, -0.2) is 4.79 Å². The molecule has 0 aliphatic rings. The van der Waals surface area contributed by atoms with Gasteiger partial charge in [0.15, 0.2) is 0 Å². The quantitative estimate of drug-likeness (QED) is 0.859. The smallest absolute Gasteiger partial charge is 0.337 e. The highest BCUT2D eigenvalue weighted by Crippen LogP contribution is 2.19. The molecule has 0 spiro atoms. The molecule has 1 aromatic carbocycles. The molecule has 0 saturated carbocycles. The number of hydrogen-bond acceptors (Lipinski definition) is 4. The van der Waals surface area contributed by atoms with Crippen LogP contribution in [0, 0.1) is 0 Å². The molecule has 2 aromatic rings. The molecule has 22 heavy (non-hydrogen) atoms. The van der Waals surface area contributed by atoms with Crippen LogP contribution in [0.15, 0.2) is 42.5 Å². The van der Waals surface area contributed by atoms with Gasteiger partial charge >= 0.3 is 5.97 Å². The van der Waals surface area contributed by atoms with Gasteiger partial charge in [0.1, 0.15) is 0 Å². The molecule has 0 fully saturated rings. The third-order valence-corrected chi connectivity index (χ3v) is 3.38. The highest BCUT2D eigenvalue weighted by Gasteiger charge is 2.09. The normalized spacial score (nSPS) is 11.4. The number of halogens is 1. The van der Waals surface area contributed by atoms with E-state index in [-0.39, 0.29) is 24.4 Å². The lowest BCUT2D eigenvalue weighted by Crippen LogP contribution is -2.21. The fourth-order valence-electron chi connectivity index (χ4n) is 2.09. The number of ether oxygens (including phenoxy) is 1. The van der Waals surface area contributed by atoms with Crippen LogP contribution in [0.4, 0.5) is 0 Å². The van der Waals surface area contributed by atoms with Crippen LogP contribution in [0.5, 0.6) is 0 Å². The Balaban J connectivity index is 0.00000242. The van der Waals surface area contributed by atoms with Gasteiger partial charge in [0, 0.05) is 23.7 Å². The van der Waals surface area contributed by atoms with Gasteiger partial charge in [0.2, 0.25) is 0 Å². The Hall–Kier alpha value is -1.91. The lowest BCUT2D eigenvalue weighted by Gasteiger charge is -2.09. The summed E-state index contributed by atoms with van der Waals surface area (Å²) < 4.78 is 4.74. The second kappa shape index (κ2) is 8.51. The van der Waals surface area contributed by atoms with E-state index in [1.54, 1.807) is 12.1 Å². The second-order valence-electron chi connectivity index (χ2n) is 4.96. The van der Waals surface area contributed by atoms with Crippen molar-refractivity contribution in [2.24, 2.45) is 5.73 Å². The van der Waals surface area contributed by atoms with Crippen LogP contribution in [-0.2, 0) is 11.2 Å². The summed E-state index contributed by atoms with van der Waals surface area (Å²) in [7, 11) is 1.38. The van der Waals surface area contributed by atoms with Crippen molar-refractivity contribution in [2.75, 3.05) is 7.11 Å². The number of carbonyl (C=O) groups excluding carboxylic acids is 1. The van der Waals surface area contributed by atoms with Gasteiger partial charge in [-0.3, -0.25) is 4.98 Å². The van der Waals surface area contributed by atoms with Gasteiger partial charge in [-0.2, -0.15) is 0 Å². The molecular weight excluding hydrogens is 300 g/mol. The topological polar surface area (TPSA) is 65.2 Å². The zero-order valence-corrected chi connectivity index (χ0v) is 13.6. The van der Waals surface area contributed by atoms with Gasteiger partial charge < -0.3 is 10.5 Å². The van der Waals surface area contributed by atoms with Gasteiger partial charge in [-0.15, -0.1) is 12.4 Å². The van der Waals surface area contributed by atoms with E-state index in [1.807, 2.05) is 30.3 Å². The van der Waals surface area contributed by atoms with Crippen molar-refractivity contribution in [1.29, 1.82) is 0 Å². The Morgan fingerprint density at radius 1 is 1.27 bits per heavy atom. The molecule has 0 saturated heterocycles. The predicted molar refractivity (Wildman–Crippen MR) is 90.2 cm³/mol. The van der Waals surface area contributed by atoms with E-state index in [0.29, 0.717) is 5.56 Å². The number of nitrogens with two attached hydrogens (primary N) is 1. The molecule has 118 valence electrons. The number of esters is 1. The van der Waals surface area contributed by atoms with Gasteiger partial charge in [0.25, 0.3) is 0 Å². The summed E-state index contributed by atoms with van der Waals surface area (Å²) in [5, 5.41) is 0. The van der Waals surface area contributed by atoms with E-state index in [2.05, 4.69) is 11.9 Å². The van der Waals surface area contributed by atoms with E-state index in [9.17, 15) is 4.79 Å². The standard InChI is InChI=1S/C17H20N2O2.ClH/c1-3-14(18)11-15-8-5-9-16(19-15)12-6-4-7-13(10-12)17(20)21-2;/h4-10,14H,3,11,18H2,1-2H3;1H. The third kappa shape index (κ3) is 4.55. The van der Waals surface area contributed by atoms with Crippen LogP contribution >= 0.6 is 12.4 Å². The Labute approximate surface area is 137 Å². The summed E-state index contributed by atoms with van der Waals surface area (Å²) in [4.78, 5) is 16.2. The van der Waals surface area contributed by atoms with Crippen molar-refractivity contribution in [2.45, 2.75) is 25.8 Å². The van der Waals surface area contributed by atoms with E-state index < -0.39 is 0 Å². The number of rotatable bonds is 5. The summed E-state index contributed by atoms with van der Waals surface area (Å²) in [5.74, 6) is -0.346. The molecule has 2 rings (SSSR count). The monoisotopic (exact) mass is 320 g/mol. The summed E-state index contributed by atoms with van der Waals surface area (Å²) in [6.07, 6.45) is 1.67. The molecule has 0 amide bonds. The largest absolute Gasteiger partial charge is 0.465 e. The summed E-state index contributed by atoms with van der Waals surface area (Å²) >= 11 is 0. The molecule has 1 heterocycles. The molecule has 1 unspecified atom stereocenters. The maximum Gasteiger partial charge on any atom is 0.337 e. The van der Waals surface area contributed by atoms with E-state index in [1.165, 1.54) is 7.11 Å². The van der Waals surface area contributed by atoms with Crippen molar-refractivity contribution in [3.05, 3.63) is 53.7 Å². The number of aromatic nitrogens is 1. The van der Waals surface area contributed by atoms with Gasteiger partial charge in [-0.1, -0.05) is 25.1 Å². The maximum atomic E-state index is 11.6. The highest BCUT2D eigenvalue weighted by molar-refractivity contribution is 5.90. The minimum Gasteiger partial charge on any atom is -0.465 e. The first kappa shape index (κ1) is 18.1. The lowest BCUT2D eigenvalue weighted by molar-refractivity contribution is 0.0601. The molecule has 1 aromatic heterocycles. The summed E-state index contributed by atoms with van der Waals surface area (Å²) in [6.45, 7) is 2.06. The number of methoxy groups -OCH3 is 1. The number of nitrogens with zero attached hydrogens (tertiary/aromatic N) is 1. The van der Waals surface area contributed by atoms with Crippen molar-refractivity contribution < 1.29 is 9.53 Å². The molecule has 0 aliphatic heterocycles. The number of pyridine rings is 1. The zero-order chi connectivity index (χ0) is 15.2. The zero-order valence-electron chi connectivity index (χ0n) is 12.8. The maximum absolute atomic E-state index is 11.6. The molecule has 0 aliphatic carbocycles. The van der Waals surface area contributed by atoms with Crippen LogP contribution in [0.25, 0.3) is 11.3 Å². The third-order valence-electron chi connectivity index (χ3n) is 3.38.